The molecule has 0 bridgehead atoms. The van der Waals surface area contributed by atoms with Crippen LogP contribution in [-0.2, 0) is 16.1 Å². The van der Waals surface area contributed by atoms with Crippen molar-refractivity contribution >= 4 is 12.0 Å². The van der Waals surface area contributed by atoms with Gasteiger partial charge in [-0.25, -0.2) is 4.79 Å². The van der Waals surface area contributed by atoms with Gasteiger partial charge in [-0.2, -0.15) is 0 Å². The van der Waals surface area contributed by atoms with Crippen LogP contribution < -0.4 is 5.32 Å². The molecular weight excluding hydrogens is 316 g/mol. The van der Waals surface area contributed by atoms with Gasteiger partial charge < -0.3 is 15.0 Å². The van der Waals surface area contributed by atoms with Crippen molar-refractivity contribution in [2.45, 2.75) is 65.0 Å². The summed E-state index contributed by atoms with van der Waals surface area (Å²) in [6, 6.07) is 8.30. The molecule has 5 heteroatoms. The summed E-state index contributed by atoms with van der Waals surface area (Å²) >= 11 is 0. The minimum Gasteiger partial charge on any atom is -0.466 e. The highest BCUT2D eigenvalue weighted by atomic mass is 16.5. The molecule has 0 atom stereocenters. The lowest BCUT2D eigenvalue weighted by atomic mass is 9.96. The number of nitrogens with one attached hydrogen (secondary N) is 1. The summed E-state index contributed by atoms with van der Waals surface area (Å²) in [5, 5.41) is 3.14. The number of benzene rings is 1. The van der Waals surface area contributed by atoms with Crippen molar-refractivity contribution < 1.29 is 14.3 Å². The first-order valence-electron chi connectivity index (χ1n) is 9.35. The summed E-state index contributed by atoms with van der Waals surface area (Å²) in [4.78, 5) is 26.1. The minimum atomic E-state index is -0.262. The van der Waals surface area contributed by atoms with Crippen LogP contribution in [0.15, 0.2) is 24.3 Å². The number of urea groups is 1. The molecule has 1 aliphatic rings. The topological polar surface area (TPSA) is 58.6 Å². The van der Waals surface area contributed by atoms with Crippen molar-refractivity contribution in [1.29, 1.82) is 0 Å². The van der Waals surface area contributed by atoms with Crippen LogP contribution in [-0.4, -0.2) is 36.1 Å². The zero-order valence-electron chi connectivity index (χ0n) is 15.4. The highest BCUT2D eigenvalue weighted by Crippen LogP contribution is 2.18. The summed E-state index contributed by atoms with van der Waals surface area (Å²) in [5.74, 6) is -0.262. The summed E-state index contributed by atoms with van der Waals surface area (Å²) in [7, 11) is 0. The van der Waals surface area contributed by atoms with Crippen LogP contribution in [0.25, 0.3) is 0 Å². The summed E-state index contributed by atoms with van der Waals surface area (Å²) < 4.78 is 4.99. The Bertz CT molecular complexity index is 551. The van der Waals surface area contributed by atoms with E-state index in [0.717, 1.165) is 18.4 Å². The van der Waals surface area contributed by atoms with Crippen LogP contribution in [0.2, 0.25) is 0 Å². The monoisotopic (exact) mass is 346 g/mol. The Morgan fingerprint density at radius 2 is 1.84 bits per heavy atom. The molecule has 5 nitrogen and oxygen atoms in total. The first-order valence-corrected chi connectivity index (χ1v) is 9.35. The molecular formula is C20H30N2O3. The molecule has 0 aromatic heterocycles. The van der Waals surface area contributed by atoms with Crippen molar-refractivity contribution in [3.05, 3.63) is 35.4 Å². The van der Waals surface area contributed by atoms with Crippen molar-refractivity contribution in [2.75, 3.05) is 13.2 Å². The van der Waals surface area contributed by atoms with E-state index in [1.807, 2.05) is 31.2 Å². The minimum absolute atomic E-state index is 0.0863. The van der Waals surface area contributed by atoms with Crippen LogP contribution in [0.3, 0.4) is 0 Å². The molecule has 1 saturated carbocycles. The number of carbonyl (C=O) groups is 2. The maximum Gasteiger partial charge on any atom is 0.317 e. The SMILES string of the molecule is CCOC(=O)CCN(Cc1ccc(C)cc1)C(=O)NC1CCCCC1. The smallest absolute Gasteiger partial charge is 0.317 e. The fraction of sp³-hybridized carbons (Fsp3) is 0.600. The third-order valence-electron chi connectivity index (χ3n) is 4.61. The van der Waals surface area contributed by atoms with Gasteiger partial charge in [-0.05, 0) is 32.3 Å². The quantitative estimate of drug-likeness (QED) is 0.764. The van der Waals surface area contributed by atoms with Gasteiger partial charge in [-0.1, -0.05) is 49.1 Å². The molecule has 2 rings (SSSR count). The van der Waals surface area contributed by atoms with Gasteiger partial charge in [-0.3, -0.25) is 4.79 Å². The van der Waals surface area contributed by atoms with E-state index >= 15 is 0 Å². The highest BCUT2D eigenvalue weighted by Gasteiger charge is 2.21. The fourth-order valence-corrected chi connectivity index (χ4v) is 3.14. The standard InChI is InChI=1S/C20H30N2O3/c1-3-25-19(23)13-14-22(15-17-11-9-16(2)10-12-17)20(24)21-18-7-5-4-6-8-18/h9-12,18H,3-8,13-15H2,1-2H3,(H,21,24). The van der Waals surface area contributed by atoms with Gasteiger partial charge in [0.15, 0.2) is 0 Å². The molecule has 0 unspecified atom stereocenters. The Morgan fingerprint density at radius 1 is 1.16 bits per heavy atom. The second kappa shape index (κ2) is 10.1. The first-order chi connectivity index (χ1) is 12.1. The number of hydrogen-bond acceptors (Lipinski definition) is 3. The van der Waals surface area contributed by atoms with E-state index in [1.165, 1.54) is 24.8 Å². The lowest BCUT2D eigenvalue weighted by Gasteiger charge is -2.28. The molecule has 2 amide bonds. The van der Waals surface area contributed by atoms with E-state index in [4.69, 9.17) is 4.74 Å². The second-order valence-corrected chi connectivity index (χ2v) is 6.75. The Morgan fingerprint density at radius 3 is 2.48 bits per heavy atom. The third-order valence-corrected chi connectivity index (χ3v) is 4.61. The number of ether oxygens (including phenoxy) is 1. The average Bonchev–Trinajstić information content (AvgIpc) is 2.61. The van der Waals surface area contributed by atoms with Gasteiger partial charge in [0.05, 0.1) is 13.0 Å². The lowest BCUT2D eigenvalue weighted by molar-refractivity contribution is -0.143. The van der Waals surface area contributed by atoms with E-state index in [-0.39, 0.29) is 24.5 Å². The second-order valence-electron chi connectivity index (χ2n) is 6.75. The number of esters is 1. The molecule has 1 fully saturated rings. The number of aryl methyl sites for hydroxylation is 1. The normalized spacial score (nSPS) is 14.8. The summed E-state index contributed by atoms with van der Waals surface area (Å²) in [5.41, 5.74) is 2.25. The molecule has 1 aliphatic carbocycles. The Balaban J connectivity index is 1.97. The maximum atomic E-state index is 12.7. The van der Waals surface area contributed by atoms with Crippen LogP contribution >= 0.6 is 0 Å². The van der Waals surface area contributed by atoms with Crippen LogP contribution in [0, 0.1) is 6.92 Å². The van der Waals surface area contributed by atoms with E-state index in [0.29, 0.717) is 19.7 Å². The summed E-state index contributed by atoms with van der Waals surface area (Å²) in [6.45, 7) is 5.06. The van der Waals surface area contributed by atoms with Crippen LogP contribution in [0.1, 0.15) is 56.6 Å². The number of hydrogen-bond donors (Lipinski definition) is 1. The predicted molar refractivity (Wildman–Crippen MR) is 98.2 cm³/mol. The Labute approximate surface area is 150 Å². The van der Waals surface area contributed by atoms with Gasteiger partial charge in [0.2, 0.25) is 0 Å². The molecule has 1 N–H and O–H groups in total. The van der Waals surface area contributed by atoms with E-state index in [9.17, 15) is 9.59 Å². The first kappa shape index (κ1) is 19.3. The van der Waals surface area contributed by atoms with Crippen molar-refractivity contribution in [1.82, 2.24) is 10.2 Å². The molecule has 0 heterocycles. The van der Waals surface area contributed by atoms with Gasteiger partial charge in [0, 0.05) is 19.1 Å². The van der Waals surface area contributed by atoms with Crippen molar-refractivity contribution in [2.24, 2.45) is 0 Å². The van der Waals surface area contributed by atoms with Gasteiger partial charge >= 0.3 is 12.0 Å². The van der Waals surface area contributed by atoms with Crippen LogP contribution in [0.5, 0.6) is 0 Å². The number of rotatable bonds is 7. The Hall–Kier alpha value is -2.04. The zero-order valence-corrected chi connectivity index (χ0v) is 15.4. The van der Waals surface area contributed by atoms with Crippen molar-refractivity contribution in [3.63, 3.8) is 0 Å². The highest BCUT2D eigenvalue weighted by molar-refractivity contribution is 5.76. The van der Waals surface area contributed by atoms with Crippen LogP contribution in [0.4, 0.5) is 4.79 Å². The number of amides is 2. The van der Waals surface area contributed by atoms with Gasteiger partial charge in [-0.15, -0.1) is 0 Å². The van der Waals surface area contributed by atoms with E-state index < -0.39 is 0 Å². The molecule has 1 aromatic carbocycles. The number of nitrogens with zero attached hydrogens (tertiary/aromatic N) is 1. The largest absolute Gasteiger partial charge is 0.466 e. The molecule has 0 radical (unpaired) electrons. The third kappa shape index (κ3) is 6.77. The molecule has 0 aliphatic heterocycles. The molecule has 25 heavy (non-hydrogen) atoms. The molecule has 0 spiro atoms. The predicted octanol–water partition coefficient (Wildman–Crippen LogP) is 3.79. The number of carbonyl (C=O) groups excluding carboxylic acids is 2. The summed E-state index contributed by atoms with van der Waals surface area (Å²) in [6.07, 6.45) is 5.90. The molecule has 1 aromatic rings. The van der Waals surface area contributed by atoms with E-state index in [1.54, 1.807) is 11.8 Å². The van der Waals surface area contributed by atoms with E-state index in [2.05, 4.69) is 5.32 Å². The lowest BCUT2D eigenvalue weighted by Crippen LogP contribution is -2.45. The Kier molecular flexibility index (Phi) is 7.76. The molecule has 138 valence electrons. The zero-order chi connectivity index (χ0) is 18.1. The van der Waals surface area contributed by atoms with Crippen molar-refractivity contribution in [3.8, 4) is 0 Å². The van der Waals surface area contributed by atoms with Gasteiger partial charge in [0.25, 0.3) is 0 Å². The van der Waals surface area contributed by atoms with Gasteiger partial charge in [0.1, 0.15) is 0 Å². The maximum absolute atomic E-state index is 12.7. The molecule has 0 saturated heterocycles. The average molecular weight is 346 g/mol. The fourth-order valence-electron chi connectivity index (χ4n) is 3.14.